The number of alkyl halides is 1. The van der Waals surface area contributed by atoms with E-state index < -0.39 is 0 Å². The Kier molecular flexibility index (Phi) is 4.51. The van der Waals surface area contributed by atoms with Gasteiger partial charge in [-0.3, -0.25) is 4.79 Å². The fourth-order valence-corrected chi connectivity index (χ4v) is 2.82. The molecule has 0 heterocycles. The molecule has 0 atom stereocenters. The maximum atomic E-state index is 12.0. The molecule has 1 aromatic carbocycles. The highest BCUT2D eigenvalue weighted by Crippen LogP contribution is 2.26. The summed E-state index contributed by atoms with van der Waals surface area (Å²) in [5, 5.41) is 12.5. The van der Waals surface area contributed by atoms with Gasteiger partial charge in [-0.2, -0.15) is 0 Å². The molecular weight excluding hydrogens is 318 g/mol. The maximum Gasteiger partial charge on any atom is 0.251 e. The van der Waals surface area contributed by atoms with Gasteiger partial charge in [0.05, 0.1) is 5.02 Å². The van der Waals surface area contributed by atoms with Gasteiger partial charge in [0.25, 0.3) is 5.91 Å². The molecule has 0 aromatic heterocycles. The zero-order chi connectivity index (χ0) is 13.1. The molecule has 0 radical (unpaired) electrons. The predicted molar refractivity (Wildman–Crippen MR) is 75.6 cm³/mol. The van der Waals surface area contributed by atoms with Crippen molar-refractivity contribution in [3.05, 3.63) is 28.8 Å². The summed E-state index contributed by atoms with van der Waals surface area (Å²) in [5.74, 6) is -0.136. The molecule has 1 saturated carbocycles. The van der Waals surface area contributed by atoms with Crippen molar-refractivity contribution >= 4 is 33.4 Å². The molecule has 3 nitrogen and oxygen atoms in total. The second kappa shape index (κ2) is 5.93. The van der Waals surface area contributed by atoms with Crippen LogP contribution in [0, 0.1) is 0 Å². The number of hydrogen-bond donors (Lipinski definition) is 2. The molecule has 1 aromatic rings. The largest absolute Gasteiger partial charge is 0.506 e. The predicted octanol–water partition coefficient (Wildman–Crippen LogP) is 3.48. The summed E-state index contributed by atoms with van der Waals surface area (Å²) in [5.41, 5.74) is 0.485. The first-order chi connectivity index (χ1) is 8.56. The number of hydrogen-bond acceptors (Lipinski definition) is 2. The van der Waals surface area contributed by atoms with Gasteiger partial charge in [-0.15, -0.1) is 0 Å². The zero-order valence-corrected chi connectivity index (χ0v) is 12.2. The van der Waals surface area contributed by atoms with Gasteiger partial charge in [0.1, 0.15) is 5.75 Å². The Labute approximate surface area is 120 Å². The van der Waals surface area contributed by atoms with Gasteiger partial charge in [-0.05, 0) is 43.9 Å². The summed E-state index contributed by atoms with van der Waals surface area (Å²) in [4.78, 5) is 12.6. The van der Waals surface area contributed by atoms with E-state index in [0.717, 1.165) is 25.7 Å². The average Bonchev–Trinajstić information content (AvgIpc) is 2.35. The molecule has 5 heteroatoms. The van der Waals surface area contributed by atoms with Crippen LogP contribution in [0.1, 0.15) is 36.0 Å². The number of carbonyl (C=O) groups is 1. The van der Waals surface area contributed by atoms with Crippen LogP contribution in [0.2, 0.25) is 5.02 Å². The van der Waals surface area contributed by atoms with Gasteiger partial charge in [0.2, 0.25) is 0 Å². The van der Waals surface area contributed by atoms with E-state index in [1.54, 1.807) is 6.07 Å². The molecule has 2 rings (SSSR count). The van der Waals surface area contributed by atoms with E-state index >= 15 is 0 Å². The Balaban J connectivity index is 1.97. The zero-order valence-electron chi connectivity index (χ0n) is 9.83. The quantitative estimate of drug-likeness (QED) is 0.815. The van der Waals surface area contributed by atoms with Crippen LogP contribution in [0.3, 0.4) is 0 Å². The van der Waals surface area contributed by atoms with Gasteiger partial charge >= 0.3 is 0 Å². The topological polar surface area (TPSA) is 49.3 Å². The lowest BCUT2D eigenvalue weighted by atomic mass is 9.95. The van der Waals surface area contributed by atoms with Crippen LogP contribution in [-0.2, 0) is 0 Å². The van der Waals surface area contributed by atoms with E-state index in [4.69, 9.17) is 11.6 Å². The second-order valence-corrected chi connectivity index (χ2v) is 6.29. The first-order valence-corrected chi connectivity index (χ1v) is 7.29. The lowest BCUT2D eigenvalue weighted by molar-refractivity contribution is 0.0928. The van der Waals surface area contributed by atoms with Gasteiger partial charge in [0, 0.05) is 16.4 Å². The van der Waals surface area contributed by atoms with Crippen molar-refractivity contribution in [3.8, 4) is 5.75 Å². The number of nitrogens with one attached hydrogen (secondary N) is 1. The lowest BCUT2D eigenvalue weighted by Gasteiger charge is -2.26. The maximum absolute atomic E-state index is 12.0. The van der Waals surface area contributed by atoms with Crippen molar-refractivity contribution in [2.75, 3.05) is 0 Å². The molecule has 0 spiro atoms. The summed E-state index contributed by atoms with van der Waals surface area (Å²) in [7, 11) is 0. The molecule has 1 aliphatic rings. The van der Waals surface area contributed by atoms with Crippen molar-refractivity contribution in [1.29, 1.82) is 0 Å². The Morgan fingerprint density at radius 2 is 2.00 bits per heavy atom. The molecule has 1 amide bonds. The fourth-order valence-electron chi connectivity index (χ4n) is 2.11. The number of amides is 1. The molecular formula is C13H15BrClNO2. The van der Waals surface area contributed by atoms with Gasteiger partial charge in [0.15, 0.2) is 0 Å². The summed E-state index contributed by atoms with van der Waals surface area (Å²) in [6.45, 7) is 0. The van der Waals surface area contributed by atoms with Crippen molar-refractivity contribution < 1.29 is 9.90 Å². The highest BCUT2D eigenvalue weighted by atomic mass is 79.9. The molecule has 1 fully saturated rings. The van der Waals surface area contributed by atoms with Crippen LogP contribution in [0.4, 0.5) is 0 Å². The summed E-state index contributed by atoms with van der Waals surface area (Å²) in [6, 6.07) is 4.74. The van der Waals surface area contributed by atoms with Crippen LogP contribution in [0.25, 0.3) is 0 Å². The van der Waals surface area contributed by atoms with E-state index in [1.165, 1.54) is 12.1 Å². The van der Waals surface area contributed by atoms with E-state index in [-0.39, 0.29) is 22.7 Å². The summed E-state index contributed by atoms with van der Waals surface area (Å²) in [6.07, 6.45) is 4.16. The SMILES string of the molecule is O=C(NC1CCC(Br)CC1)c1ccc(O)c(Cl)c1. The third-order valence-corrected chi connectivity index (χ3v) is 4.42. The normalized spacial score (nSPS) is 23.7. The Morgan fingerprint density at radius 1 is 1.33 bits per heavy atom. The van der Waals surface area contributed by atoms with Gasteiger partial charge in [-0.1, -0.05) is 27.5 Å². The third-order valence-electron chi connectivity index (χ3n) is 3.20. The first kappa shape index (κ1) is 13.7. The van der Waals surface area contributed by atoms with Crippen LogP contribution in [0.5, 0.6) is 5.75 Å². The summed E-state index contributed by atoms with van der Waals surface area (Å²) >= 11 is 9.37. The number of aromatic hydroxyl groups is 1. The van der Waals surface area contributed by atoms with E-state index in [2.05, 4.69) is 21.2 Å². The van der Waals surface area contributed by atoms with Crippen molar-refractivity contribution in [2.24, 2.45) is 0 Å². The standard InChI is InChI=1S/C13H15BrClNO2/c14-9-2-4-10(5-3-9)16-13(18)8-1-6-12(17)11(15)7-8/h1,6-7,9-10,17H,2-5H2,(H,16,18). The molecule has 2 N–H and O–H groups in total. The number of phenols is 1. The monoisotopic (exact) mass is 331 g/mol. The molecule has 98 valence electrons. The number of benzene rings is 1. The van der Waals surface area contributed by atoms with Crippen LogP contribution in [0.15, 0.2) is 18.2 Å². The molecule has 0 saturated heterocycles. The second-order valence-electron chi connectivity index (χ2n) is 4.59. The Morgan fingerprint density at radius 3 is 2.61 bits per heavy atom. The van der Waals surface area contributed by atoms with Crippen molar-refractivity contribution in [1.82, 2.24) is 5.32 Å². The Bertz CT molecular complexity index is 445. The molecule has 1 aliphatic carbocycles. The minimum absolute atomic E-state index is 0.00647. The lowest BCUT2D eigenvalue weighted by Crippen LogP contribution is -2.37. The average molecular weight is 333 g/mol. The van der Waals surface area contributed by atoms with E-state index in [9.17, 15) is 9.90 Å². The summed E-state index contributed by atoms with van der Waals surface area (Å²) < 4.78 is 0. The minimum Gasteiger partial charge on any atom is -0.506 e. The number of rotatable bonds is 2. The van der Waals surface area contributed by atoms with Gasteiger partial charge < -0.3 is 10.4 Å². The fraction of sp³-hybridized carbons (Fsp3) is 0.462. The number of carbonyl (C=O) groups excluding carboxylic acids is 1. The van der Waals surface area contributed by atoms with E-state index in [0.29, 0.717) is 10.4 Å². The molecule has 18 heavy (non-hydrogen) atoms. The first-order valence-electron chi connectivity index (χ1n) is 5.99. The third kappa shape index (κ3) is 3.39. The van der Waals surface area contributed by atoms with E-state index in [1.807, 2.05) is 0 Å². The van der Waals surface area contributed by atoms with Crippen molar-refractivity contribution in [3.63, 3.8) is 0 Å². The van der Waals surface area contributed by atoms with Crippen LogP contribution >= 0.6 is 27.5 Å². The smallest absolute Gasteiger partial charge is 0.251 e. The number of halogens is 2. The van der Waals surface area contributed by atoms with Crippen LogP contribution in [-0.4, -0.2) is 21.9 Å². The minimum atomic E-state index is -0.130. The number of phenolic OH excluding ortho intramolecular Hbond substituents is 1. The Hall–Kier alpha value is -0.740. The molecule has 0 bridgehead atoms. The van der Waals surface area contributed by atoms with Crippen LogP contribution < -0.4 is 5.32 Å². The highest BCUT2D eigenvalue weighted by Gasteiger charge is 2.21. The molecule has 0 unspecified atom stereocenters. The highest BCUT2D eigenvalue weighted by molar-refractivity contribution is 9.09. The van der Waals surface area contributed by atoms with Crippen molar-refractivity contribution in [2.45, 2.75) is 36.6 Å². The van der Waals surface area contributed by atoms with Gasteiger partial charge in [-0.25, -0.2) is 0 Å². The molecule has 0 aliphatic heterocycles.